The number of hydrogen-bond acceptors (Lipinski definition) is 5. The summed E-state index contributed by atoms with van der Waals surface area (Å²) in [6.45, 7) is 0.522. The van der Waals surface area contributed by atoms with Crippen LogP contribution in [0.4, 0.5) is 0 Å². The standard InChI is InChI=1S/C18H18ClN3O4S/c1-22(10-11-26-14-8-6-13(19)7-9-14)17(23)12-20-18-15-4-2-3-5-16(15)27(24,25)21-18/h2-9H,10-12H2,1H3,(H,20,21). The van der Waals surface area contributed by atoms with Gasteiger partial charge in [-0.3, -0.25) is 14.5 Å². The van der Waals surface area contributed by atoms with E-state index in [-0.39, 0.29) is 23.2 Å². The maximum atomic E-state index is 12.2. The van der Waals surface area contributed by atoms with E-state index >= 15 is 0 Å². The summed E-state index contributed by atoms with van der Waals surface area (Å²) in [5, 5.41) is 0.623. The topological polar surface area (TPSA) is 88.1 Å². The highest BCUT2D eigenvalue weighted by molar-refractivity contribution is 7.90. The van der Waals surface area contributed by atoms with Gasteiger partial charge in [0.2, 0.25) is 5.91 Å². The Labute approximate surface area is 162 Å². The van der Waals surface area contributed by atoms with Crippen LogP contribution in [0, 0.1) is 0 Å². The molecule has 142 valence electrons. The highest BCUT2D eigenvalue weighted by Gasteiger charge is 2.30. The monoisotopic (exact) mass is 407 g/mol. The summed E-state index contributed by atoms with van der Waals surface area (Å²) in [6.07, 6.45) is 0. The molecule has 7 nitrogen and oxygen atoms in total. The molecule has 0 aliphatic carbocycles. The van der Waals surface area contributed by atoms with Crippen LogP contribution in [0.3, 0.4) is 0 Å². The number of rotatable bonds is 6. The Bertz CT molecular complexity index is 974. The summed E-state index contributed by atoms with van der Waals surface area (Å²) in [6, 6.07) is 13.5. The smallest absolute Gasteiger partial charge is 0.263 e. The summed E-state index contributed by atoms with van der Waals surface area (Å²) >= 11 is 5.81. The van der Waals surface area contributed by atoms with Gasteiger partial charge in [-0.25, -0.2) is 8.42 Å². The van der Waals surface area contributed by atoms with Crippen molar-refractivity contribution in [3.8, 4) is 5.75 Å². The number of amides is 1. The molecule has 0 aromatic heterocycles. The normalized spacial score (nSPS) is 15.9. The first-order valence-electron chi connectivity index (χ1n) is 8.16. The number of halogens is 1. The number of likely N-dealkylation sites (N-methyl/N-ethyl adjacent to an activating group) is 1. The molecule has 2 aromatic rings. The zero-order valence-corrected chi connectivity index (χ0v) is 16.1. The van der Waals surface area contributed by atoms with Gasteiger partial charge >= 0.3 is 0 Å². The SMILES string of the molecule is CN(CCOc1ccc(Cl)cc1)C(=O)CN=C1NS(=O)(=O)c2ccccc21. The van der Waals surface area contributed by atoms with Gasteiger partial charge in [0.1, 0.15) is 24.7 Å². The molecule has 0 atom stereocenters. The van der Waals surface area contributed by atoms with Crippen LogP contribution in [0.25, 0.3) is 0 Å². The Hall–Kier alpha value is -2.58. The summed E-state index contributed by atoms with van der Waals surface area (Å²) in [5.41, 5.74) is 0.471. The van der Waals surface area contributed by atoms with Gasteiger partial charge in [0, 0.05) is 17.6 Å². The molecule has 1 amide bonds. The van der Waals surface area contributed by atoms with Crippen molar-refractivity contribution in [2.45, 2.75) is 4.90 Å². The van der Waals surface area contributed by atoms with E-state index in [0.29, 0.717) is 29.5 Å². The number of fused-ring (bicyclic) bond motifs is 1. The molecule has 0 radical (unpaired) electrons. The number of amidine groups is 1. The minimum absolute atomic E-state index is 0.163. The third kappa shape index (κ3) is 4.58. The Morgan fingerprint density at radius 3 is 2.63 bits per heavy atom. The fourth-order valence-corrected chi connectivity index (χ4v) is 3.85. The lowest BCUT2D eigenvalue weighted by atomic mass is 10.2. The number of nitrogens with one attached hydrogen (secondary N) is 1. The lowest BCUT2D eigenvalue weighted by Gasteiger charge is -2.16. The maximum Gasteiger partial charge on any atom is 0.263 e. The number of hydrogen-bond donors (Lipinski definition) is 1. The average Bonchev–Trinajstić information content (AvgIpc) is 2.92. The lowest BCUT2D eigenvalue weighted by Crippen LogP contribution is -2.33. The molecular weight excluding hydrogens is 390 g/mol. The minimum atomic E-state index is -3.61. The molecule has 1 N–H and O–H groups in total. The molecule has 1 aliphatic rings. The highest BCUT2D eigenvalue weighted by Crippen LogP contribution is 2.22. The molecular formula is C18H18ClN3O4S. The van der Waals surface area contributed by atoms with Crippen LogP contribution < -0.4 is 9.46 Å². The molecule has 0 spiro atoms. The number of nitrogens with zero attached hydrogens (tertiary/aromatic N) is 2. The second-order valence-corrected chi connectivity index (χ2v) is 7.97. The largest absolute Gasteiger partial charge is 0.492 e. The maximum absolute atomic E-state index is 12.2. The number of benzene rings is 2. The number of ether oxygens (including phenoxy) is 1. The van der Waals surface area contributed by atoms with Crippen LogP contribution in [0.2, 0.25) is 5.02 Å². The van der Waals surface area contributed by atoms with Crippen molar-refractivity contribution in [1.29, 1.82) is 0 Å². The molecule has 27 heavy (non-hydrogen) atoms. The van der Waals surface area contributed by atoms with Crippen molar-refractivity contribution in [1.82, 2.24) is 9.62 Å². The first kappa shape index (κ1) is 19.2. The third-order valence-corrected chi connectivity index (χ3v) is 5.62. The van der Waals surface area contributed by atoms with E-state index in [4.69, 9.17) is 16.3 Å². The van der Waals surface area contributed by atoms with Gasteiger partial charge in [-0.05, 0) is 36.4 Å². The first-order chi connectivity index (χ1) is 12.9. The predicted molar refractivity (Wildman–Crippen MR) is 103 cm³/mol. The molecule has 0 unspecified atom stereocenters. The molecule has 0 bridgehead atoms. The van der Waals surface area contributed by atoms with Crippen LogP contribution in [0.15, 0.2) is 58.4 Å². The molecule has 0 fully saturated rings. The van der Waals surface area contributed by atoms with E-state index in [1.54, 1.807) is 49.5 Å². The van der Waals surface area contributed by atoms with E-state index in [1.165, 1.54) is 11.0 Å². The average molecular weight is 408 g/mol. The summed E-state index contributed by atoms with van der Waals surface area (Å²) in [4.78, 5) is 18.0. The van der Waals surface area contributed by atoms with Crippen LogP contribution in [0.5, 0.6) is 5.75 Å². The van der Waals surface area contributed by atoms with Crippen molar-refractivity contribution >= 4 is 33.4 Å². The Balaban J connectivity index is 1.54. The van der Waals surface area contributed by atoms with E-state index in [9.17, 15) is 13.2 Å². The fraction of sp³-hybridized carbons (Fsp3) is 0.222. The molecule has 2 aromatic carbocycles. The van der Waals surface area contributed by atoms with Crippen LogP contribution in [0.1, 0.15) is 5.56 Å². The van der Waals surface area contributed by atoms with Crippen molar-refractivity contribution in [2.24, 2.45) is 4.99 Å². The second kappa shape index (κ2) is 7.98. The van der Waals surface area contributed by atoms with Gasteiger partial charge in [0.15, 0.2) is 0 Å². The van der Waals surface area contributed by atoms with E-state index < -0.39 is 10.0 Å². The van der Waals surface area contributed by atoms with Gasteiger partial charge in [0.25, 0.3) is 10.0 Å². The van der Waals surface area contributed by atoms with Gasteiger partial charge in [-0.2, -0.15) is 0 Å². The van der Waals surface area contributed by atoms with E-state index in [2.05, 4.69) is 9.71 Å². The highest BCUT2D eigenvalue weighted by atomic mass is 35.5. The van der Waals surface area contributed by atoms with E-state index in [0.717, 1.165) is 0 Å². The predicted octanol–water partition coefficient (Wildman–Crippen LogP) is 1.92. The molecule has 0 saturated carbocycles. The van der Waals surface area contributed by atoms with Gasteiger partial charge in [0.05, 0.1) is 11.4 Å². The minimum Gasteiger partial charge on any atom is -0.492 e. The van der Waals surface area contributed by atoms with Crippen molar-refractivity contribution in [2.75, 3.05) is 26.7 Å². The van der Waals surface area contributed by atoms with Crippen LogP contribution in [-0.4, -0.2) is 51.8 Å². The van der Waals surface area contributed by atoms with Crippen molar-refractivity contribution in [3.63, 3.8) is 0 Å². The van der Waals surface area contributed by atoms with E-state index in [1.807, 2.05) is 0 Å². The molecule has 9 heteroatoms. The lowest BCUT2D eigenvalue weighted by molar-refractivity contribution is -0.128. The zero-order valence-electron chi connectivity index (χ0n) is 14.6. The fourth-order valence-electron chi connectivity index (χ4n) is 2.47. The number of aliphatic imine (C=N–C) groups is 1. The quantitative estimate of drug-likeness (QED) is 0.792. The van der Waals surface area contributed by atoms with Crippen LogP contribution >= 0.6 is 11.6 Å². The van der Waals surface area contributed by atoms with Crippen molar-refractivity contribution in [3.05, 3.63) is 59.1 Å². The molecule has 3 rings (SSSR count). The summed E-state index contributed by atoms with van der Waals surface area (Å²) in [5.74, 6) is 0.605. The molecule has 1 aliphatic heterocycles. The molecule has 1 heterocycles. The van der Waals surface area contributed by atoms with Gasteiger partial charge < -0.3 is 9.64 Å². The Morgan fingerprint density at radius 2 is 1.89 bits per heavy atom. The Morgan fingerprint density at radius 1 is 1.19 bits per heavy atom. The van der Waals surface area contributed by atoms with Gasteiger partial charge in [-0.15, -0.1) is 0 Å². The summed E-state index contributed by atoms with van der Waals surface area (Å²) < 4.78 is 32.0. The number of sulfonamides is 1. The second-order valence-electron chi connectivity index (χ2n) is 5.88. The van der Waals surface area contributed by atoms with Crippen molar-refractivity contribution < 1.29 is 17.9 Å². The number of carbonyl (C=O) groups excluding carboxylic acids is 1. The molecule has 0 saturated heterocycles. The zero-order chi connectivity index (χ0) is 19.4. The third-order valence-electron chi connectivity index (χ3n) is 3.97. The Kier molecular flexibility index (Phi) is 5.67. The van der Waals surface area contributed by atoms with Gasteiger partial charge in [-0.1, -0.05) is 23.7 Å². The summed E-state index contributed by atoms with van der Waals surface area (Å²) in [7, 11) is -1.97. The number of carbonyl (C=O) groups is 1. The van der Waals surface area contributed by atoms with Crippen LogP contribution in [-0.2, 0) is 14.8 Å². The first-order valence-corrected chi connectivity index (χ1v) is 10.0.